The van der Waals surface area contributed by atoms with E-state index in [0.29, 0.717) is 14.9 Å². The smallest absolute Gasteiger partial charge is 0.278 e. The molecular weight excluding hydrogens is 311 g/mol. The third-order valence-electron chi connectivity index (χ3n) is 1.82. The largest absolute Gasteiger partial charge is 0.496 e. The van der Waals surface area contributed by atoms with Gasteiger partial charge in [-0.05, 0) is 28.7 Å². The van der Waals surface area contributed by atoms with E-state index >= 15 is 0 Å². The fraction of sp³-hybridized carbons (Fsp3) is 0.222. The Kier molecular flexibility index (Phi) is 3.85. The molecule has 0 saturated heterocycles. The topological polar surface area (TPSA) is 76.2 Å². The van der Waals surface area contributed by atoms with Crippen LogP contribution in [0.1, 0.15) is 5.56 Å². The monoisotopic (exact) mass is 318 g/mol. The molecule has 0 aliphatic carbocycles. The van der Waals surface area contributed by atoms with Crippen LogP contribution >= 0.6 is 22.6 Å². The maximum absolute atomic E-state index is 10.8. The maximum Gasteiger partial charge on any atom is 0.278 e. The molecule has 1 aromatic carbocycles. The van der Waals surface area contributed by atoms with Gasteiger partial charge in [0.2, 0.25) is 0 Å². The highest BCUT2D eigenvalue weighted by Gasteiger charge is 2.19. The second kappa shape index (κ2) is 4.93. The fourth-order valence-corrected chi connectivity index (χ4v) is 1.78. The van der Waals surface area contributed by atoms with Crippen LogP contribution in [0.4, 0.5) is 5.69 Å². The number of hydrogen-bond donors (Lipinski definition) is 0. The predicted molar refractivity (Wildman–Crippen MR) is 61.7 cm³/mol. The van der Waals surface area contributed by atoms with E-state index in [4.69, 9.17) is 10.00 Å². The van der Waals surface area contributed by atoms with Gasteiger partial charge in [0.1, 0.15) is 5.75 Å². The van der Waals surface area contributed by atoms with E-state index in [1.807, 2.05) is 28.7 Å². The Morgan fingerprint density at radius 1 is 1.67 bits per heavy atom. The van der Waals surface area contributed by atoms with E-state index in [0.717, 1.165) is 0 Å². The molecule has 0 aromatic heterocycles. The molecule has 6 heteroatoms. The van der Waals surface area contributed by atoms with E-state index in [2.05, 4.69) is 0 Å². The van der Waals surface area contributed by atoms with E-state index in [9.17, 15) is 10.1 Å². The van der Waals surface area contributed by atoms with Gasteiger partial charge in [0.25, 0.3) is 5.69 Å². The summed E-state index contributed by atoms with van der Waals surface area (Å²) >= 11 is 1.97. The quantitative estimate of drug-likeness (QED) is 0.487. The lowest BCUT2D eigenvalue weighted by Crippen LogP contribution is -1.99. The summed E-state index contributed by atoms with van der Waals surface area (Å²) in [5.74, 6) is 0.384. The number of ether oxygens (including phenoxy) is 1. The SMILES string of the molecule is COc1cc(I)cc([N+](=O)[O-])c1CC#N. The standard InChI is InChI=1S/C9H7IN2O3/c1-15-9-5-6(10)4-8(12(13)14)7(9)2-3-11/h4-5H,2H2,1H3. The van der Waals surface area contributed by atoms with Crippen molar-refractivity contribution in [1.82, 2.24) is 0 Å². The van der Waals surface area contributed by atoms with Crippen LogP contribution in [0.2, 0.25) is 0 Å². The van der Waals surface area contributed by atoms with Crippen LogP contribution in [0.3, 0.4) is 0 Å². The fourth-order valence-electron chi connectivity index (χ4n) is 1.20. The molecule has 1 aromatic rings. The Hall–Kier alpha value is -1.36. The van der Waals surface area contributed by atoms with Crippen molar-refractivity contribution in [2.45, 2.75) is 6.42 Å². The number of halogens is 1. The van der Waals surface area contributed by atoms with Crippen molar-refractivity contribution in [3.63, 3.8) is 0 Å². The molecule has 0 spiro atoms. The number of benzene rings is 1. The van der Waals surface area contributed by atoms with E-state index < -0.39 is 4.92 Å². The van der Waals surface area contributed by atoms with E-state index in [-0.39, 0.29) is 12.1 Å². The molecule has 0 aliphatic heterocycles. The van der Waals surface area contributed by atoms with Crippen LogP contribution in [0.15, 0.2) is 12.1 Å². The summed E-state index contributed by atoms with van der Waals surface area (Å²) in [6, 6.07) is 4.98. The minimum atomic E-state index is -0.503. The van der Waals surface area contributed by atoms with Crippen molar-refractivity contribution in [2.75, 3.05) is 7.11 Å². The summed E-state index contributed by atoms with van der Waals surface area (Å²) in [5, 5.41) is 19.3. The molecule has 0 unspecified atom stereocenters. The van der Waals surface area contributed by atoms with Gasteiger partial charge < -0.3 is 4.74 Å². The molecule has 0 fully saturated rings. The van der Waals surface area contributed by atoms with Crippen molar-refractivity contribution in [3.8, 4) is 11.8 Å². The van der Waals surface area contributed by atoms with Gasteiger partial charge in [0.15, 0.2) is 0 Å². The van der Waals surface area contributed by atoms with Gasteiger partial charge in [0, 0.05) is 9.64 Å². The number of methoxy groups -OCH3 is 1. The molecule has 0 N–H and O–H groups in total. The highest BCUT2D eigenvalue weighted by atomic mass is 127. The first-order valence-corrected chi connectivity index (χ1v) is 5.05. The number of nitro groups is 1. The van der Waals surface area contributed by atoms with Crippen LogP contribution in [-0.2, 0) is 6.42 Å². The first kappa shape index (κ1) is 11.7. The molecule has 0 aliphatic rings. The van der Waals surface area contributed by atoms with Crippen molar-refractivity contribution in [1.29, 1.82) is 5.26 Å². The molecule has 0 bridgehead atoms. The third kappa shape index (κ3) is 2.56. The average Bonchev–Trinajstić information content (AvgIpc) is 2.19. The normalized spacial score (nSPS) is 9.40. The summed E-state index contributed by atoms with van der Waals surface area (Å²) in [4.78, 5) is 10.3. The average molecular weight is 318 g/mol. The van der Waals surface area contributed by atoms with Gasteiger partial charge in [-0.2, -0.15) is 5.26 Å². The molecule has 0 atom stereocenters. The minimum absolute atomic E-state index is 0.0313. The number of nitriles is 1. The van der Waals surface area contributed by atoms with Gasteiger partial charge in [0.05, 0.1) is 30.1 Å². The molecule has 15 heavy (non-hydrogen) atoms. The number of nitro benzene ring substituents is 1. The summed E-state index contributed by atoms with van der Waals surface area (Å²) < 4.78 is 5.72. The molecule has 1 rings (SSSR count). The van der Waals surface area contributed by atoms with Crippen molar-refractivity contribution < 1.29 is 9.66 Å². The Bertz CT molecular complexity index is 440. The summed E-state index contributed by atoms with van der Waals surface area (Å²) in [7, 11) is 1.43. The summed E-state index contributed by atoms with van der Waals surface area (Å²) in [5.41, 5.74) is 0.255. The van der Waals surface area contributed by atoms with Crippen LogP contribution in [0, 0.1) is 25.0 Å². The Balaban J connectivity index is 3.41. The lowest BCUT2D eigenvalue weighted by molar-refractivity contribution is -0.385. The van der Waals surface area contributed by atoms with Crippen LogP contribution < -0.4 is 4.74 Å². The first-order chi connectivity index (χ1) is 7.10. The molecule has 78 valence electrons. The van der Waals surface area contributed by atoms with Crippen LogP contribution in [0.25, 0.3) is 0 Å². The summed E-state index contributed by atoms with van der Waals surface area (Å²) in [6.07, 6.45) is -0.0313. The van der Waals surface area contributed by atoms with Crippen LogP contribution in [0.5, 0.6) is 5.75 Å². The van der Waals surface area contributed by atoms with E-state index in [1.165, 1.54) is 13.2 Å². The number of nitrogens with zero attached hydrogens (tertiary/aromatic N) is 2. The molecule has 5 nitrogen and oxygen atoms in total. The molecule has 0 amide bonds. The molecule has 0 heterocycles. The zero-order chi connectivity index (χ0) is 11.4. The molecule has 0 radical (unpaired) electrons. The molecule has 0 saturated carbocycles. The summed E-state index contributed by atoms with van der Waals surface area (Å²) in [6.45, 7) is 0. The third-order valence-corrected chi connectivity index (χ3v) is 2.45. The Morgan fingerprint density at radius 3 is 2.80 bits per heavy atom. The second-order valence-electron chi connectivity index (χ2n) is 2.70. The zero-order valence-corrected chi connectivity index (χ0v) is 10.0. The van der Waals surface area contributed by atoms with E-state index in [1.54, 1.807) is 6.07 Å². The van der Waals surface area contributed by atoms with Gasteiger partial charge in [-0.25, -0.2) is 0 Å². The van der Waals surface area contributed by atoms with Gasteiger partial charge in [-0.1, -0.05) is 0 Å². The van der Waals surface area contributed by atoms with Gasteiger partial charge in [-0.3, -0.25) is 10.1 Å². The highest BCUT2D eigenvalue weighted by Crippen LogP contribution is 2.31. The lowest BCUT2D eigenvalue weighted by atomic mass is 10.1. The van der Waals surface area contributed by atoms with Gasteiger partial charge >= 0.3 is 0 Å². The second-order valence-corrected chi connectivity index (χ2v) is 3.94. The Morgan fingerprint density at radius 2 is 2.33 bits per heavy atom. The first-order valence-electron chi connectivity index (χ1n) is 3.98. The van der Waals surface area contributed by atoms with Crippen molar-refractivity contribution >= 4 is 28.3 Å². The minimum Gasteiger partial charge on any atom is -0.496 e. The molecular formula is C9H7IN2O3. The highest BCUT2D eigenvalue weighted by molar-refractivity contribution is 14.1. The van der Waals surface area contributed by atoms with Crippen molar-refractivity contribution in [2.24, 2.45) is 0 Å². The van der Waals surface area contributed by atoms with Crippen molar-refractivity contribution in [3.05, 3.63) is 31.4 Å². The number of hydrogen-bond acceptors (Lipinski definition) is 4. The van der Waals surface area contributed by atoms with Gasteiger partial charge in [-0.15, -0.1) is 0 Å². The number of rotatable bonds is 3. The lowest BCUT2D eigenvalue weighted by Gasteiger charge is -2.06. The zero-order valence-electron chi connectivity index (χ0n) is 7.86. The predicted octanol–water partition coefficient (Wildman–Crippen LogP) is 2.27. The Labute approximate surface area is 99.9 Å². The maximum atomic E-state index is 10.8. The van der Waals surface area contributed by atoms with Crippen LogP contribution in [-0.4, -0.2) is 12.0 Å².